The fourth-order valence-corrected chi connectivity index (χ4v) is 4.55. The first-order valence-corrected chi connectivity index (χ1v) is 11.2. The molecule has 0 radical (unpaired) electrons. The molecule has 0 bridgehead atoms. The van der Waals surface area contributed by atoms with Crippen LogP contribution in [0, 0.1) is 0 Å². The number of fused-ring (bicyclic) bond motifs is 2. The van der Waals surface area contributed by atoms with Crippen LogP contribution in [0.1, 0.15) is 35.3 Å². The van der Waals surface area contributed by atoms with Gasteiger partial charge in [-0.1, -0.05) is 12.1 Å². The average Bonchev–Trinajstić information content (AvgIpc) is 2.83. The summed E-state index contributed by atoms with van der Waals surface area (Å²) in [5.74, 6) is -0.373. The Morgan fingerprint density at radius 3 is 2.36 bits per heavy atom. The summed E-state index contributed by atoms with van der Waals surface area (Å²) in [6.07, 6.45) is -3.72. The van der Waals surface area contributed by atoms with Crippen LogP contribution in [0.15, 0.2) is 48.5 Å². The summed E-state index contributed by atoms with van der Waals surface area (Å²) in [5.41, 5.74) is 1.49. The minimum absolute atomic E-state index is 0.0729. The van der Waals surface area contributed by atoms with Crippen molar-refractivity contribution in [3.63, 3.8) is 0 Å². The normalized spacial score (nSPS) is 22.3. The molecule has 2 heterocycles. The number of ether oxygens (including phenoxy) is 4. The van der Waals surface area contributed by atoms with E-state index in [0.29, 0.717) is 28.2 Å². The zero-order chi connectivity index (χ0) is 25.6. The fourth-order valence-electron chi connectivity index (χ4n) is 4.55. The van der Waals surface area contributed by atoms with E-state index < -0.39 is 30.4 Å². The van der Waals surface area contributed by atoms with Crippen molar-refractivity contribution in [3.8, 4) is 40.2 Å². The quantitative estimate of drug-likeness (QED) is 0.356. The second kappa shape index (κ2) is 9.04. The number of aliphatic hydroxyl groups excluding tert-OH is 1. The van der Waals surface area contributed by atoms with E-state index >= 15 is 0 Å². The van der Waals surface area contributed by atoms with Crippen molar-refractivity contribution in [1.29, 1.82) is 0 Å². The van der Waals surface area contributed by atoms with Gasteiger partial charge in [-0.2, -0.15) is 0 Å². The Bertz CT molecular complexity index is 1320. The van der Waals surface area contributed by atoms with E-state index in [9.17, 15) is 30.3 Å². The first kappa shape index (κ1) is 23.4. The van der Waals surface area contributed by atoms with Gasteiger partial charge in [-0.05, 0) is 29.8 Å². The summed E-state index contributed by atoms with van der Waals surface area (Å²) >= 11 is 0. The molecule has 3 aromatic carbocycles. The Kier molecular flexibility index (Phi) is 5.89. The van der Waals surface area contributed by atoms with Crippen molar-refractivity contribution >= 4 is 5.97 Å². The minimum Gasteiger partial charge on any atom is -0.508 e. The zero-order valence-electron chi connectivity index (χ0n) is 19.1. The van der Waals surface area contributed by atoms with Gasteiger partial charge in [-0.15, -0.1) is 0 Å². The second-order valence-corrected chi connectivity index (χ2v) is 8.68. The average molecular weight is 496 g/mol. The number of carboxylic acid groups (broad SMARTS) is 1. The summed E-state index contributed by atoms with van der Waals surface area (Å²) in [7, 11) is 1.40. The van der Waals surface area contributed by atoms with Gasteiger partial charge in [0.15, 0.2) is 35.2 Å². The van der Waals surface area contributed by atoms with Gasteiger partial charge in [0.05, 0.1) is 19.6 Å². The molecule has 4 atom stereocenters. The van der Waals surface area contributed by atoms with E-state index in [1.165, 1.54) is 25.3 Å². The Labute approximate surface area is 205 Å². The van der Waals surface area contributed by atoms with Gasteiger partial charge in [-0.3, -0.25) is 4.79 Å². The molecule has 0 saturated carbocycles. The van der Waals surface area contributed by atoms with E-state index in [4.69, 9.17) is 18.9 Å². The van der Waals surface area contributed by atoms with E-state index in [1.807, 2.05) is 0 Å². The smallest absolute Gasteiger partial charge is 0.307 e. The number of hydrogen-bond donors (Lipinski definition) is 5. The molecule has 2 aliphatic heterocycles. The highest BCUT2D eigenvalue weighted by Gasteiger charge is 2.37. The maximum atomic E-state index is 11.5. The maximum Gasteiger partial charge on any atom is 0.307 e. The van der Waals surface area contributed by atoms with Crippen molar-refractivity contribution in [2.24, 2.45) is 0 Å². The molecule has 3 aromatic rings. The third-order valence-corrected chi connectivity index (χ3v) is 6.26. The number of carboxylic acids is 1. The first-order valence-electron chi connectivity index (χ1n) is 11.2. The molecular weight excluding hydrogens is 472 g/mol. The van der Waals surface area contributed by atoms with Crippen LogP contribution in [0.4, 0.5) is 0 Å². The zero-order valence-corrected chi connectivity index (χ0v) is 19.1. The van der Waals surface area contributed by atoms with Crippen LogP contribution < -0.4 is 18.9 Å². The fraction of sp³-hybridized carbons (Fsp3) is 0.269. The van der Waals surface area contributed by atoms with Crippen molar-refractivity contribution in [2.45, 2.75) is 37.3 Å². The summed E-state index contributed by atoms with van der Waals surface area (Å²) < 4.78 is 23.3. The van der Waals surface area contributed by atoms with Gasteiger partial charge < -0.3 is 44.5 Å². The third-order valence-electron chi connectivity index (χ3n) is 6.26. The Morgan fingerprint density at radius 2 is 1.61 bits per heavy atom. The van der Waals surface area contributed by atoms with Gasteiger partial charge >= 0.3 is 5.97 Å². The van der Waals surface area contributed by atoms with Crippen LogP contribution in [0.3, 0.4) is 0 Å². The van der Waals surface area contributed by atoms with Crippen LogP contribution in [-0.4, -0.2) is 50.8 Å². The highest BCUT2D eigenvalue weighted by Crippen LogP contribution is 2.46. The lowest BCUT2D eigenvalue weighted by molar-refractivity contribution is -0.140. The molecule has 36 heavy (non-hydrogen) atoms. The number of phenolic OH excluding ortho intramolecular Hbond substituents is 3. The largest absolute Gasteiger partial charge is 0.508 e. The topological polar surface area (TPSA) is 155 Å². The molecule has 2 aliphatic rings. The highest BCUT2D eigenvalue weighted by molar-refractivity contribution is 5.68. The molecule has 0 amide bonds. The van der Waals surface area contributed by atoms with E-state index in [1.54, 1.807) is 30.3 Å². The molecule has 10 heteroatoms. The third kappa shape index (κ3) is 4.27. The van der Waals surface area contributed by atoms with E-state index in [2.05, 4.69) is 0 Å². The van der Waals surface area contributed by atoms with Crippen LogP contribution >= 0.6 is 0 Å². The molecule has 5 rings (SSSR count). The number of methoxy groups -OCH3 is 1. The monoisotopic (exact) mass is 496 g/mol. The van der Waals surface area contributed by atoms with E-state index in [0.717, 1.165) is 0 Å². The molecule has 0 saturated heterocycles. The van der Waals surface area contributed by atoms with Crippen LogP contribution in [-0.2, 0) is 11.2 Å². The van der Waals surface area contributed by atoms with Crippen molar-refractivity contribution < 1.29 is 49.3 Å². The summed E-state index contributed by atoms with van der Waals surface area (Å²) in [6, 6.07) is 12.1. The van der Waals surface area contributed by atoms with Crippen LogP contribution in [0.25, 0.3) is 0 Å². The number of aliphatic hydroxyl groups is 1. The molecule has 10 nitrogen and oxygen atoms in total. The number of hydrogen-bond acceptors (Lipinski definition) is 9. The van der Waals surface area contributed by atoms with Crippen molar-refractivity contribution in [2.75, 3.05) is 7.11 Å². The predicted molar refractivity (Wildman–Crippen MR) is 124 cm³/mol. The van der Waals surface area contributed by atoms with Gasteiger partial charge in [0.1, 0.15) is 23.4 Å². The molecule has 0 spiro atoms. The number of phenols is 3. The molecule has 0 fully saturated rings. The number of aromatic hydroxyl groups is 3. The predicted octanol–water partition coefficient (Wildman–Crippen LogP) is 3.20. The summed E-state index contributed by atoms with van der Waals surface area (Å²) in [4.78, 5) is 11.5. The maximum absolute atomic E-state index is 11.5. The number of aliphatic carboxylic acids is 1. The standard InChI is InChI=1S/C26H24O10/c1-33-21-6-13(2-4-16(21)28)26-23(11-24(31)32)34-19-5-3-12(7-22(19)36-26)25-18(30)10-15-17(29)8-14(27)9-20(15)35-25/h2-9,18,23,25-30H,10-11H2,1H3,(H,31,32)/t18?,23-,25?,26-/m1/s1. The Balaban J connectivity index is 1.48. The number of rotatable bonds is 5. The van der Waals surface area contributed by atoms with Crippen molar-refractivity contribution in [3.05, 3.63) is 65.2 Å². The van der Waals surface area contributed by atoms with Gasteiger partial charge in [-0.25, -0.2) is 0 Å². The van der Waals surface area contributed by atoms with Crippen LogP contribution in [0.2, 0.25) is 0 Å². The van der Waals surface area contributed by atoms with E-state index in [-0.39, 0.29) is 41.6 Å². The number of carbonyl (C=O) groups is 1. The number of benzene rings is 3. The van der Waals surface area contributed by atoms with Gasteiger partial charge in [0.2, 0.25) is 0 Å². The van der Waals surface area contributed by atoms with Crippen molar-refractivity contribution in [1.82, 2.24) is 0 Å². The molecule has 0 aliphatic carbocycles. The molecule has 5 N–H and O–H groups in total. The molecular formula is C26H24O10. The van der Waals surface area contributed by atoms with Gasteiger partial charge in [0, 0.05) is 29.7 Å². The molecule has 188 valence electrons. The summed E-state index contributed by atoms with van der Waals surface area (Å²) in [6.45, 7) is 0. The molecule has 0 aromatic heterocycles. The summed E-state index contributed by atoms with van der Waals surface area (Å²) in [5, 5.41) is 50.0. The Morgan fingerprint density at radius 1 is 0.889 bits per heavy atom. The Hall–Kier alpha value is -4.31. The van der Waals surface area contributed by atoms with Crippen LogP contribution in [0.5, 0.6) is 40.2 Å². The lowest BCUT2D eigenvalue weighted by atomic mass is 9.93. The minimum atomic E-state index is -1.07. The first-order chi connectivity index (χ1) is 17.2. The lowest BCUT2D eigenvalue weighted by Crippen LogP contribution is -2.35. The SMILES string of the molecule is COc1cc([C@H]2Oc3cc(C4Oc5cc(O)cc(O)c5CC4O)ccc3O[C@@H]2CC(=O)O)ccc1O. The van der Waals surface area contributed by atoms with Gasteiger partial charge in [0.25, 0.3) is 0 Å². The second-order valence-electron chi connectivity index (χ2n) is 8.68. The lowest BCUT2D eigenvalue weighted by Gasteiger charge is -2.35. The highest BCUT2D eigenvalue weighted by atomic mass is 16.6. The molecule has 2 unspecified atom stereocenters.